The third-order valence-electron chi connectivity index (χ3n) is 2.96. The van der Waals surface area contributed by atoms with Gasteiger partial charge in [0.05, 0.1) is 11.9 Å². The highest BCUT2D eigenvalue weighted by Crippen LogP contribution is 2.23. The van der Waals surface area contributed by atoms with Gasteiger partial charge in [-0.05, 0) is 36.8 Å². The first-order valence-electron chi connectivity index (χ1n) is 6.49. The average Bonchev–Trinajstić information content (AvgIpc) is 2.50. The Kier molecular flexibility index (Phi) is 4.95. The van der Waals surface area contributed by atoms with Crippen LogP contribution in [0.1, 0.15) is 16.1 Å². The normalized spacial score (nSPS) is 10.0. The van der Waals surface area contributed by atoms with Gasteiger partial charge in [-0.3, -0.25) is 4.79 Å². The average molecular weight is 302 g/mol. The molecule has 0 unspecified atom stereocenters. The predicted molar refractivity (Wildman–Crippen MR) is 87.1 cm³/mol. The quantitative estimate of drug-likeness (QED) is 0.824. The predicted octanol–water partition coefficient (Wildman–Crippen LogP) is 3.89. The molecule has 1 amide bonds. The van der Waals surface area contributed by atoms with Crippen molar-refractivity contribution in [3.63, 3.8) is 0 Å². The number of hydrogen-bond donors (Lipinski definition) is 2. The van der Waals surface area contributed by atoms with Crippen LogP contribution >= 0.6 is 11.6 Å². The number of carbonyl (C=O) groups is 1. The van der Waals surface area contributed by atoms with Crippen molar-refractivity contribution in [2.75, 3.05) is 17.2 Å². The Morgan fingerprint density at radius 1 is 1.38 bits per heavy atom. The standard InChI is InChI=1S/C16H16ClN3O/c1-3-9-18-12-7-8-15(19-10-12)16(21)20-14-6-4-5-13(17)11(14)2/h3-8,10,18H,1,9H2,2H3,(H,20,21). The van der Waals surface area contributed by atoms with Crippen LogP contribution in [0.2, 0.25) is 5.02 Å². The van der Waals surface area contributed by atoms with E-state index in [9.17, 15) is 4.79 Å². The maximum Gasteiger partial charge on any atom is 0.274 e. The maximum absolute atomic E-state index is 12.1. The van der Waals surface area contributed by atoms with Crippen LogP contribution in [-0.2, 0) is 0 Å². The molecule has 21 heavy (non-hydrogen) atoms. The number of hydrogen-bond acceptors (Lipinski definition) is 3. The summed E-state index contributed by atoms with van der Waals surface area (Å²) in [5, 5.41) is 6.52. The Morgan fingerprint density at radius 2 is 2.19 bits per heavy atom. The second-order valence-corrected chi connectivity index (χ2v) is 4.88. The fourth-order valence-corrected chi connectivity index (χ4v) is 1.93. The molecule has 0 atom stereocenters. The number of pyridine rings is 1. The number of nitrogens with one attached hydrogen (secondary N) is 2. The van der Waals surface area contributed by atoms with Gasteiger partial charge in [-0.1, -0.05) is 23.7 Å². The summed E-state index contributed by atoms with van der Waals surface area (Å²) in [6, 6.07) is 8.85. The van der Waals surface area contributed by atoms with Crippen LogP contribution in [0.3, 0.4) is 0 Å². The van der Waals surface area contributed by atoms with Gasteiger partial charge in [0.25, 0.3) is 5.91 Å². The zero-order chi connectivity index (χ0) is 15.2. The first kappa shape index (κ1) is 15.1. The lowest BCUT2D eigenvalue weighted by Gasteiger charge is -2.09. The zero-order valence-electron chi connectivity index (χ0n) is 11.7. The molecule has 1 aromatic heterocycles. The lowest BCUT2D eigenvalue weighted by atomic mass is 10.2. The maximum atomic E-state index is 12.1. The highest BCUT2D eigenvalue weighted by Gasteiger charge is 2.10. The van der Waals surface area contributed by atoms with E-state index in [4.69, 9.17) is 11.6 Å². The minimum absolute atomic E-state index is 0.268. The Bertz CT molecular complexity index is 653. The van der Waals surface area contributed by atoms with Gasteiger partial charge < -0.3 is 10.6 Å². The molecule has 4 nitrogen and oxygen atoms in total. The van der Waals surface area contributed by atoms with Gasteiger partial charge in [0.15, 0.2) is 0 Å². The van der Waals surface area contributed by atoms with Gasteiger partial charge in [-0.2, -0.15) is 0 Å². The highest BCUT2D eigenvalue weighted by atomic mass is 35.5. The lowest BCUT2D eigenvalue weighted by Crippen LogP contribution is -2.14. The van der Waals surface area contributed by atoms with Crippen LogP contribution in [0.25, 0.3) is 0 Å². The Labute approximate surface area is 128 Å². The van der Waals surface area contributed by atoms with Crippen LogP contribution in [0, 0.1) is 6.92 Å². The zero-order valence-corrected chi connectivity index (χ0v) is 12.4. The van der Waals surface area contributed by atoms with E-state index in [1.54, 1.807) is 42.6 Å². The van der Waals surface area contributed by atoms with Gasteiger partial charge in [0.1, 0.15) is 5.69 Å². The van der Waals surface area contributed by atoms with E-state index in [1.807, 2.05) is 6.92 Å². The Hall–Kier alpha value is -2.33. The van der Waals surface area contributed by atoms with Crippen LogP contribution in [0.15, 0.2) is 49.2 Å². The fraction of sp³-hybridized carbons (Fsp3) is 0.125. The van der Waals surface area contributed by atoms with Gasteiger partial charge in [0, 0.05) is 17.3 Å². The molecule has 2 N–H and O–H groups in total. The molecule has 108 valence electrons. The van der Waals surface area contributed by atoms with E-state index >= 15 is 0 Å². The largest absolute Gasteiger partial charge is 0.380 e. The van der Waals surface area contributed by atoms with E-state index < -0.39 is 0 Å². The number of aromatic nitrogens is 1. The van der Waals surface area contributed by atoms with Crippen molar-refractivity contribution >= 4 is 28.9 Å². The number of halogens is 1. The smallest absolute Gasteiger partial charge is 0.274 e. The summed E-state index contributed by atoms with van der Waals surface area (Å²) in [5.74, 6) is -0.268. The molecule has 5 heteroatoms. The molecule has 2 rings (SSSR count). The molecule has 0 radical (unpaired) electrons. The summed E-state index contributed by atoms with van der Waals surface area (Å²) in [6.45, 7) is 6.13. The summed E-state index contributed by atoms with van der Waals surface area (Å²) >= 11 is 6.03. The summed E-state index contributed by atoms with van der Waals surface area (Å²) in [7, 11) is 0. The number of amides is 1. The van der Waals surface area contributed by atoms with E-state index in [2.05, 4.69) is 22.2 Å². The minimum Gasteiger partial charge on any atom is -0.380 e. The molecular formula is C16H16ClN3O. The molecule has 0 spiro atoms. The lowest BCUT2D eigenvalue weighted by molar-refractivity contribution is 0.102. The van der Waals surface area contributed by atoms with Crippen LogP contribution in [-0.4, -0.2) is 17.4 Å². The van der Waals surface area contributed by atoms with Crippen molar-refractivity contribution in [3.8, 4) is 0 Å². The first-order chi connectivity index (χ1) is 10.1. The van der Waals surface area contributed by atoms with Crippen molar-refractivity contribution < 1.29 is 4.79 Å². The number of anilines is 2. The molecule has 0 aliphatic carbocycles. The van der Waals surface area contributed by atoms with Crippen molar-refractivity contribution in [2.24, 2.45) is 0 Å². The van der Waals surface area contributed by atoms with E-state index in [0.29, 0.717) is 22.9 Å². The molecular weight excluding hydrogens is 286 g/mol. The van der Waals surface area contributed by atoms with Crippen LogP contribution < -0.4 is 10.6 Å². The molecule has 0 fully saturated rings. The topological polar surface area (TPSA) is 54.0 Å². The number of carbonyl (C=O) groups excluding carboxylic acids is 1. The summed E-state index contributed by atoms with van der Waals surface area (Å²) in [4.78, 5) is 16.3. The van der Waals surface area contributed by atoms with Gasteiger partial charge >= 0.3 is 0 Å². The van der Waals surface area contributed by atoms with Crippen LogP contribution in [0.5, 0.6) is 0 Å². The van der Waals surface area contributed by atoms with Crippen LogP contribution in [0.4, 0.5) is 11.4 Å². The second kappa shape index (κ2) is 6.90. The van der Waals surface area contributed by atoms with Gasteiger partial charge in [-0.25, -0.2) is 4.98 Å². The van der Waals surface area contributed by atoms with Crippen molar-refractivity contribution in [1.82, 2.24) is 4.98 Å². The van der Waals surface area contributed by atoms with E-state index in [1.165, 1.54) is 0 Å². The first-order valence-corrected chi connectivity index (χ1v) is 6.87. The number of rotatable bonds is 5. The fourth-order valence-electron chi connectivity index (χ4n) is 1.75. The third kappa shape index (κ3) is 3.83. The molecule has 0 aliphatic rings. The van der Waals surface area contributed by atoms with Crippen molar-refractivity contribution in [2.45, 2.75) is 6.92 Å². The van der Waals surface area contributed by atoms with Crippen molar-refractivity contribution in [3.05, 3.63) is 65.5 Å². The Balaban J connectivity index is 2.09. The van der Waals surface area contributed by atoms with Crippen molar-refractivity contribution in [1.29, 1.82) is 0 Å². The summed E-state index contributed by atoms with van der Waals surface area (Å²) in [5.41, 5.74) is 2.70. The summed E-state index contributed by atoms with van der Waals surface area (Å²) in [6.07, 6.45) is 3.37. The Morgan fingerprint density at radius 3 is 2.86 bits per heavy atom. The van der Waals surface area contributed by atoms with Gasteiger partial charge in [-0.15, -0.1) is 6.58 Å². The molecule has 1 heterocycles. The number of benzene rings is 1. The minimum atomic E-state index is -0.268. The molecule has 0 saturated heterocycles. The highest BCUT2D eigenvalue weighted by molar-refractivity contribution is 6.31. The number of nitrogens with zero attached hydrogens (tertiary/aromatic N) is 1. The second-order valence-electron chi connectivity index (χ2n) is 4.47. The van der Waals surface area contributed by atoms with E-state index in [-0.39, 0.29) is 5.91 Å². The third-order valence-corrected chi connectivity index (χ3v) is 3.37. The molecule has 1 aromatic carbocycles. The molecule has 0 aliphatic heterocycles. The molecule has 0 bridgehead atoms. The molecule has 0 saturated carbocycles. The van der Waals surface area contributed by atoms with E-state index in [0.717, 1.165) is 11.3 Å². The molecule has 2 aromatic rings. The summed E-state index contributed by atoms with van der Waals surface area (Å²) < 4.78 is 0. The van der Waals surface area contributed by atoms with Gasteiger partial charge in [0.2, 0.25) is 0 Å². The SMILES string of the molecule is C=CCNc1ccc(C(=O)Nc2cccc(Cl)c2C)nc1. The monoisotopic (exact) mass is 301 g/mol.